The van der Waals surface area contributed by atoms with Crippen LogP contribution in [0.25, 0.3) is 0 Å². The monoisotopic (exact) mass is 418 g/mol. The van der Waals surface area contributed by atoms with Gasteiger partial charge in [0.2, 0.25) is 0 Å². The van der Waals surface area contributed by atoms with Crippen LogP contribution < -0.4 is 0 Å². The van der Waals surface area contributed by atoms with Crippen molar-refractivity contribution in [3.05, 3.63) is 0 Å². The predicted octanol–water partition coefficient (Wildman–Crippen LogP) is 9.87. The fourth-order valence-corrected chi connectivity index (χ4v) is 7.38. The van der Waals surface area contributed by atoms with Crippen molar-refractivity contribution >= 4 is 0 Å². The van der Waals surface area contributed by atoms with Crippen LogP contribution in [0, 0.1) is 65.1 Å². The third-order valence-electron chi connectivity index (χ3n) is 9.85. The van der Waals surface area contributed by atoms with E-state index >= 15 is 0 Å². The molecule has 0 aromatic heterocycles. The first kappa shape index (κ1) is 26.3. The van der Waals surface area contributed by atoms with Gasteiger partial charge in [-0.3, -0.25) is 0 Å². The van der Waals surface area contributed by atoms with Gasteiger partial charge < -0.3 is 0 Å². The van der Waals surface area contributed by atoms with Crippen molar-refractivity contribution in [2.75, 3.05) is 0 Å². The molecule has 0 amide bonds. The molecule has 3 rings (SSSR count). The molecule has 0 radical (unpaired) electrons. The first-order chi connectivity index (χ1) is 14.1. The Morgan fingerprint density at radius 1 is 0.600 bits per heavy atom. The molecule has 0 nitrogen and oxygen atoms in total. The number of rotatable bonds is 4. The van der Waals surface area contributed by atoms with Gasteiger partial charge in [-0.05, 0) is 104 Å². The SMILES string of the molecule is CC1CC2CC(C(C)C)CC(C(C)C)C2C1.CCC(C)C1CCC(C)CCC(C)C1. The van der Waals surface area contributed by atoms with Gasteiger partial charge in [-0.1, -0.05) is 88.0 Å². The Labute approximate surface area is 191 Å². The Bertz CT molecular complexity index is 463. The Balaban J connectivity index is 0.000000216. The molecular formula is C30H58. The topological polar surface area (TPSA) is 0 Å². The third-order valence-corrected chi connectivity index (χ3v) is 9.85. The van der Waals surface area contributed by atoms with Crippen molar-refractivity contribution in [1.82, 2.24) is 0 Å². The maximum atomic E-state index is 2.47. The molecule has 0 N–H and O–H groups in total. The molecule has 3 aliphatic carbocycles. The maximum absolute atomic E-state index is 2.47. The summed E-state index contributed by atoms with van der Waals surface area (Å²) in [5.41, 5.74) is 0. The first-order valence-electron chi connectivity index (χ1n) is 14.1. The molecule has 9 atom stereocenters. The van der Waals surface area contributed by atoms with Crippen LogP contribution in [0.15, 0.2) is 0 Å². The van der Waals surface area contributed by atoms with Gasteiger partial charge >= 0.3 is 0 Å². The van der Waals surface area contributed by atoms with Crippen molar-refractivity contribution in [3.63, 3.8) is 0 Å². The van der Waals surface area contributed by atoms with E-state index in [1.54, 1.807) is 0 Å². The Hall–Kier alpha value is 0. The van der Waals surface area contributed by atoms with Crippen LogP contribution >= 0.6 is 0 Å². The second kappa shape index (κ2) is 12.3. The molecule has 3 aliphatic rings. The molecule has 0 heteroatoms. The van der Waals surface area contributed by atoms with Crippen LogP contribution in [-0.4, -0.2) is 0 Å². The average Bonchev–Trinajstić information content (AvgIpc) is 3.07. The fraction of sp³-hybridized carbons (Fsp3) is 1.00. The summed E-state index contributed by atoms with van der Waals surface area (Å²) in [4.78, 5) is 0. The molecule has 9 unspecified atom stereocenters. The summed E-state index contributed by atoms with van der Waals surface area (Å²) >= 11 is 0. The molecule has 0 bridgehead atoms. The number of hydrogen-bond acceptors (Lipinski definition) is 0. The van der Waals surface area contributed by atoms with E-state index in [9.17, 15) is 0 Å². The van der Waals surface area contributed by atoms with Crippen LogP contribution in [0.4, 0.5) is 0 Å². The van der Waals surface area contributed by atoms with E-state index in [0.29, 0.717) is 0 Å². The zero-order chi connectivity index (χ0) is 22.4. The molecular weight excluding hydrogens is 360 g/mol. The minimum Gasteiger partial charge on any atom is -0.0651 e. The fourth-order valence-electron chi connectivity index (χ4n) is 7.38. The summed E-state index contributed by atoms with van der Waals surface area (Å²) in [5.74, 6) is 10.9. The van der Waals surface area contributed by atoms with Gasteiger partial charge in [-0.2, -0.15) is 0 Å². The zero-order valence-electron chi connectivity index (χ0n) is 22.4. The normalized spacial score (nSPS) is 40.9. The van der Waals surface area contributed by atoms with Gasteiger partial charge in [-0.25, -0.2) is 0 Å². The lowest BCUT2D eigenvalue weighted by molar-refractivity contribution is 0.0737. The number of hydrogen-bond donors (Lipinski definition) is 0. The highest BCUT2D eigenvalue weighted by atomic mass is 14.5. The predicted molar refractivity (Wildman–Crippen MR) is 136 cm³/mol. The van der Waals surface area contributed by atoms with Crippen molar-refractivity contribution in [2.24, 2.45) is 65.1 Å². The van der Waals surface area contributed by atoms with Crippen molar-refractivity contribution in [3.8, 4) is 0 Å². The van der Waals surface area contributed by atoms with Crippen LogP contribution in [0.1, 0.15) is 127 Å². The minimum atomic E-state index is 0.901. The first-order valence-corrected chi connectivity index (χ1v) is 14.1. The van der Waals surface area contributed by atoms with Crippen LogP contribution in [0.5, 0.6) is 0 Å². The molecule has 0 aromatic carbocycles. The number of fused-ring (bicyclic) bond motifs is 1. The van der Waals surface area contributed by atoms with Crippen molar-refractivity contribution in [1.29, 1.82) is 0 Å². The second-order valence-corrected chi connectivity index (χ2v) is 13.1. The van der Waals surface area contributed by atoms with E-state index in [4.69, 9.17) is 0 Å². The largest absolute Gasteiger partial charge is 0.0651 e. The molecule has 0 spiro atoms. The minimum absolute atomic E-state index is 0.901. The molecule has 178 valence electrons. The van der Waals surface area contributed by atoms with Gasteiger partial charge in [0.15, 0.2) is 0 Å². The highest BCUT2D eigenvalue weighted by Gasteiger charge is 2.44. The van der Waals surface area contributed by atoms with Crippen molar-refractivity contribution < 1.29 is 0 Å². The Morgan fingerprint density at radius 3 is 1.83 bits per heavy atom. The lowest BCUT2D eigenvalue weighted by Gasteiger charge is -2.42. The van der Waals surface area contributed by atoms with E-state index in [-0.39, 0.29) is 0 Å². The van der Waals surface area contributed by atoms with Crippen LogP contribution in [0.3, 0.4) is 0 Å². The van der Waals surface area contributed by atoms with E-state index in [1.807, 2.05) is 0 Å². The van der Waals surface area contributed by atoms with Crippen LogP contribution in [-0.2, 0) is 0 Å². The summed E-state index contributed by atoms with van der Waals surface area (Å²) < 4.78 is 0. The van der Waals surface area contributed by atoms with Gasteiger partial charge in [0, 0.05) is 0 Å². The molecule has 0 aromatic rings. The van der Waals surface area contributed by atoms with E-state index in [1.165, 1.54) is 64.2 Å². The maximum Gasteiger partial charge on any atom is -0.0352 e. The smallest absolute Gasteiger partial charge is 0.0352 e. The molecule has 3 fully saturated rings. The lowest BCUT2D eigenvalue weighted by atomic mass is 9.63. The highest BCUT2D eigenvalue weighted by molar-refractivity contribution is 4.93. The Kier molecular flexibility index (Phi) is 10.8. The highest BCUT2D eigenvalue weighted by Crippen LogP contribution is 2.53. The van der Waals surface area contributed by atoms with Crippen LogP contribution in [0.2, 0.25) is 0 Å². The standard InChI is InChI=1S/C16H30.C14H28/c1-10(2)13-8-14-6-12(5)7-16(14)15(9-13)11(3)4;1-5-13(4)14-9-8-11(2)6-7-12(3)10-14/h10-16H,6-9H2,1-5H3;11-14H,5-10H2,1-4H3. The summed E-state index contributed by atoms with van der Waals surface area (Å²) in [7, 11) is 0. The summed E-state index contributed by atoms with van der Waals surface area (Å²) in [5, 5.41) is 0. The van der Waals surface area contributed by atoms with E-state index < -0.39 is 0 Å². The van der Waals surface area contributed by atoms with E-state index in [2.05, 4.69) is 62.3 Å². The van der Waals surface area contributed by atoms with Crippen molar-refractivity contribution in [2.45, 2.75) is 127 Å². The third kappa shape index (κ3) is 7.55. The molecule has 0 aliphatic heterocycles. The molecule has 0 saturated heterocycles. The molecule has 30 heavy (non-hydrogen) atoms. The summed E-state index contributed by atoms with van der Waals surface area (Å²) in [6.45, 7) is 21.9. The van der Waals surface area contributed by atoms with Gasteiger partial charge in [0.25, 0.3) is 0 Å². The summed E-state index contributed by atoms with van der Waals surface area (Å²) in [6.07, 6.45) is 14.9. The van der Waals surface area contributed by atoms with Gasteiger partial charge in [0.1, 0.15) is 0 Å². The lowest BCUT2D eigenvalue weighted by Crippen LogP contribution is -2.34. The van der Waals surface area contributed by atoms with E-state index in [0.717, 1.165) is 65.1 Å². The Morgan fingerprint density at radius 2 is 1.23 bits per heavy atom. The quantitative estimate of drug-likeness (QED) is 0.426. The molecule has 0 heterocycles. The average molecular weight is 419 g/mol. The summed E-state index contributed by atoms with van der Waals surface area (Å²) in [6, 6.07) is 0. The second-order valence-electron chi connectivity index (χ2n) is 13.1. The molecule has 3 saturated carbocycles. The van der Waals surface area contributed by atoms with Gasteiger partial charge in [-0.15, -0.1) is 0 Å². The zero-order valence-corrected chi connectivity index (χ0v) is 22.4. The van der Waals surface area contributed by atoms with Gasteiger partial charge in [0.05, 0.1) is 0 Å².